The first kappa shape index (κ1) is 22.8. The number of nitrogens with one attached hydrogen (secondary N) is 2. The van der Waals surface area contributed by atoms with E-state index in [0.29, 0.717) is 23.6 Å². The summed E-state index contributed by atoms with van der Waals surface area (Å²) < 4.78 is 2.00. The molecule has 9 nitrogen and oxygen atoms in total. The predicted octanol–water partition coefficient (Wildman–Crippen LogP) is 3.26. The summed E-state index contributed by atoms with van der Waals surface area (Å²) in [6.45, 7) is 9.76. The fourth-order valence-electron chi connectivity index (χ4n) is 4.74. The van der Waals surface area contributed by atoms with E-state index in [2.05, 4.69) is 37.2 Å². The van der Waals surface area contributed by atoms with Gasteiger partial charge < -0.3 is 20.6 Å². The van der Waals surface area contributed by atoms with Crippen LogP contribution in [0.3, 0.4) is 0 Å². The van der Waals surface area contributed by atoms with Gasteiger partial charge in [-0.2, -0.15) is 0 Å². The summed E-state index contributed by atoms with van der Waals surface area (Å²) in [4.78, 5) is 28.0. The van der Waals surface area contributed by atoms with Gasteiger partial charge in [-0.15, -0.1) is 0 Å². The number of hydrogen-bond acceptors (Lipinski definition) is 7. The Morgan fingerprint density at radius 3 is 2.86 bits per heavy atom. The molecule has 0 saturated carbocycles. The molecule has 0 unspecified atom stereocenters. The number of likely N-dealkylation sites (tertiary alicyclic amines) is 1. The number of hydrogen-bond donors (Lipinski definition) is 3. The van der Waals surface area contributed by atoms with E-state index in [0.717, 1.165) is 59.8 Å². The second-order valence-electron chi connectivity index (χ2n) is 8.91. The van der Waals surface area contributed by atoms with Crippen molar-refractivity contribution in [3.05, 3.63) is 71.2 Å². The molecule has 1 saturated heterocycles. The molecule has 3 aromatic rings. The minimum Gasteiger partial charge on any atom is -0.393 e. The third-order valence-corrected chi connectivity index (χ3v) is 6.72. The van der Waals surface area contributed by atoms with Crippen LogP contribution in [0, 0.1) is 6.92 Å². The van der Waals surface area contributed by atoms with Gasteiger partial charge in [0.25, 0.3) is 5.91 Å². The first-order chi connectivity index (χ1) is 17.0. The van der Waals surface area contributed by atoms with Crippen molar-refractivity contribution < 1.29 is 9.90 Å². The number of piperidine rings is 1. The summed E-state index contributed by atoms with van der Waals surface area (Å²) in [7, 11) is 0. The van der Waals surface area contributed by atoms with E-state index >= 15 is 0 Å². The normalized spacial score (nSPS) is 17.0. The van der Waals surface area contributed by atoms with Crippen LogP contribution in [-0.4, -0.2) is 56.2 Å². The number of aliphatic hydroxyl groups is 1. The van der Waals surface area contributed by atoms with Gasteiger partial charge >= 0.3 is 0 Å². The molecule has 0 aliphatic carbocycles. The molecule has 2 aliphatic rings. The van der Waals surface area contributed by atoms with Gasteiger partial charge in [0.05, 0.1) is 34.9 Å². The highest BCUT2D eigenvalue weighted by atomic mass is 16.3. The number of benzene rings is 1. The number of amides is 1. The number of imidazole rings is 1. The quantitative estimate of drug-likeness (QED) is 0.376. The van der Waals surface area contributed by atoms with Crippen molar-refractivity contribution in [3.63, 3.8) is 0 Å². The summed E-state index contributed by atoms with van der Waals surface area (Å²) >= 11 is 0. The Hall–Kier alpha value is -3.98. The Bertz CT molecular complexity index is 1360. The van der Waals surface area contributed by atoms with Crippen LogP contribution in [0.25, 0.3) is 16.9 Å². The van der Waals surface area contributed by atoms with E-state index in [1.165, 1.54) is 0 Å². The Kier molecular flexibility index (Phi) is 6.08. The predicted molar refractivity (Wildman–Crippen MR) is 136 cm³/mol. The van der Waals surface area contributed by atoms with E-state index in [1.54, 1.807) is 6.20 Å². The SMILES string of the molecule is C=N/C(=C\C=C(/C)N1CCC(O)CC1)Nc1ccc(-c2cnc3c(C)nccn23)c2c1C(=O)NC2. The van der Waals surface area contributed by atoms with E-state index in [-0.39, 0.29) is 12.0 Å². The zero-order valence-electron chi connectivity index (χ0n) is 20.0. The highest BCUT2D eigenvalue weighted by Crippen LogP contribution is 2.35. The summed E-state index contributed by atoms with van der Waals surface area (Å²) in [5.74, 6) is 0.422. The lowest BCUT2D eigenvalue weighted by molar-refractivity contribution is 0.0963. The van der Waals surface area contributed by atoms with Crippen LogP contribution < -0.4 is 10.6 Å². The molecule has 1 amide bonds. The zero-order valence-corrected chi connectivity index (χ0v) is 20.0. The van der Waals surface area contributed by atoms with E-state index in [1.807, 2.05) is 54.9 Å². The van der Waals surface area contributed by atoms with Crippen molar-refractivity contribution in [2.45, 2.75) is 39.3 Å². The smallest absolute Gasteiger partial charge is 0.254 e. The lowest BCUT2D eigenvalue weighted by Gasteiger charge is -2.31. The number of carbonyl (C=O) groups is 1. The van der Waals surface area contributed by atoms with Crippen LogP contribution in [0.2, 0.25) is 0 Å². The van der Waals surface area contributed by atoms with Crippen molar-refractivity contribution in [2.24, 2.45) is 4.99 Å². The minimum absolute atomic E-state index is 0.127. The van der Waals surface area contributed by atoms with Crippen LogP contribution in [-0.2, 0) is 6.54 Å². The van der Waals surface area contributed by atoms with E-state index in [4.69, 9.17) is 0 Å². The highest BCUT2D eigenvalue weighted by Gasteiger charge is 2.27. The summed E-state index contributed by atoms with van der Waals surface area (Å²) in [5.41, 5.74) is 6.78. The molecule has 35 heavy (non-hydrogen) atoms. The maximum Gasteiger partial charge on any atom is 0.254 e. The minimum atomic E-state index is -0.209. The van der Waals surface area contributed by atoms with Crippen LogP contribution in [0.1, 0.15) is 41.4 Å². The molecule has 9 heteroatoms. The number of anilines is 1. The molecule has 180 valence electrons. The number of aliphatic hydroxyl groups excluding tert-OH is 1. The molecule has 0 radical (unpaired) electrons. The zero-order chi connectivity index (χ0) is 24.5. The Labute approximate surface area is 203 Å². The van der Waals surface area contributed by atoms with Crippen LogP contribution in [0.15, 0.2) is 59.4 Å². The van der Waals surface area contributed by atoms with Gasteiger partial charge in [-0.05, 0) is 57.2 Å². The van der Waals surface area contributed by atoms with Crippen molar-refractivity contribution in [1.29, 1.82) is 0 Å². The van der Waals surface area contributed by atoms with Crippen LogP contribution in [0.5, 0.6) is 0 Å². The number of carbonyl (C=O) groups excluding carboxylic acids is 1. The molecule has 3 N–H and O–H groups in total. The topological polar surface area (TPSA) is 107 Å². The van der Waals surface area contributed by atoms with Gasteiger partial charge in [-0.1, -0.05) is 6.07 Å². The first-order valence-electron chi connectivity index (χ1n) is 11.7. The third kappa shape index (κ3) is 4.30. The number of aryl methyl sites for hydroxylation is 1. The second kappa shape index (κ2) is 9.34. The summed E-state index contributed by atoms with van der Waals surface area (Å²) in [5, 5.41) is 16.0. The van der Waals surface area contributed by atoms with Crippen molar-refractivity contribution in [3.8, 4) is 11.3 Å². The average Bonchev–Trinajstić information content (AvgIpc) is 3.47. The van der Waals surface area contributed by atoms with Crippen molar-refractivity contribution >= 4 is 24.0 Å². The largest absolute Gasteiger partial charge is 0.393 e. The number of nitrogens with zero attached hydrogens (tertiary/aromatic N) is 5. The first-order valence-corrected chi connectivity index (χ1v) is 11.7. The van der Waals surface area contributed by atoms with Gasteiger partial charge in [0.15, 0.2) is 5.65 Å². The van der Waals surface area contributed by atoms with Crippen molar-refractivity contribution in [2.75, 3.05) is 18.4 Å². The Morgan fingerprint density at radius 2 is 2.09 bits per heavy atom. The molecule has 0 spiro atoms. The van der Waals surface area contributed by atoms with Gasteiger partial charge in [-0.25, -0.2) is 9.98 Å². The standard InChI is InChI=1S/C26H29N7O2/c1-16(32-11-8-18(34)9-12-32)4-7-23(27-3)31-21-6-5-19(20-14-30-26(35)24(20)21)22-15-29-25-17(2)28-10-13-33(22)25/h4-7,10,13,15,18,31,34H,3,8-9,11-12,14H2,1-2H3,(H,30,35)/b16-4+,23-7+. The van der Waals surface area contributed by atoms with Gasteiger partial charge in [0, 0.05) is 43.3 Å². The molecule has 5 rings (SSSR count). The Balaban J connectivity index is 1.46. The fraction of sp³-hybridized carbons (Fsp3) is 0.308. The number of rotatable bonds is 6. The third-order valence-electron chi connectivity index (χ3n) is 6.72. The molecule has 0 bridgehead atoms. The number of allylic oxidation sites excluding steroid dienone is 3. The van der Waals surface area contributed by atoms with E-state index in [9.17, 15) is 9.90 Å². The number of aromatic nitrogens is 3. The monoisotopic (exact) mass is 471 g/mol. The summed E-state index contributed by atoms with van der Waals surface area (Å²) in [6, 6.07) is 3.90. The number of fused-ring (bicyclic) bond motifs is 2. The number of aliphatic imine (C=N–C) groups is 1. The molecule has 0 atom stereocenters. The molecule has 1 fully saturated rings. The van der Waals surface area contributed by atoms with Crippen LogP contribution in [0.4, 0.5) is 5.69 Å². The van der Waals surface area contributed by atoms with Gasteiger partial charge in [0.1, 0.15) is 5.82 Å². The maximum absolute atomic E-state index is 12.8. The second-order valence-corrected chi connectivity index (χ2v) is 8.91. The molecule has 2 aromatic heterocycles. The van der Waals surface area contributed by atoms with E-state index < -0.39 is 0 Å². The Morgan fingerprint density at radius 1 is 1.29 bits per heavy atom. The van der Waals surface area contributed by atoms with Gasteiger partial charge in [0.2, 0.25) is 0 Å². The van der Waals surface area contributed by atoms with Crippen molar-refractivity contribution in [1.82, 2.24) is 24.6 Å². The van der Waals surface area contributed by atoms with Crippen LogP contribution >= 0.6 is 0 Å². The lowest BCUT2D eigenvalue weighted by atomic mass is 9.99. The molecular formula is C26H29N7O2. The molecule has 2 aliphatic heterocycles. The molecular weight excluding hydrogens is 442 g/mol. The molecule has 4 heterocycles. The van der Waals surface area contributed by atoms with Gasteiger partial charge in [-0.3, -0.25) is 14.2 Å². The molecule has 1 aromatic carbocycles. The lowest BCUT2D eigenvalue weighted by Crippen LogP contribution is -2.34. The maximum atomic E-state index is 12.8. The fourth-order valence-corrected chi connectivity index (χ4v) is 4.74. The summed E-state index contributed by atoms with van der Waals surface area (Å²) in [6.07, 6.45) is 10.6. The highest BCUT2D eigenvalue weighted by molar-refractivity contribution is 6.05. The average molecular weight is 472 g/mol.